The molecule has 0 aromatic heterocycles. The second kappa shape index (κ2) is 5.38. The number of nitrogen functional groups attached to an aromatic ring is 1. The van der Waals surface area contributed by atoms with Gasteiger partial charge in [-0.25, -0.2) is 0 Å². The van der Waals surface area contributed by atoms with Crippen molar-refractivity contribution in [3.05, 3.63) is 46.4 Å². The van der Waals surface area contributed by atoms with E-state index in [2.05, 4.69) is 5.32 Å². The maximum absolute atomic E-state index is 5.96. The predicted octanol–water partition coefficient (Wildman–Crippen LogP) is 4.33. The molecule has 0 aliphatic heterocycles. The highest BCUT2D eigenvalue weighted by atomic mass is 35.5. The van der Waals surface area contributed by atoms with Crippen molar-refractivity contribution >= 4 is 40.3 Å². The van der Waals surface area contributed by atoms with Gasteiger partial charge in [-0.05, 0) is 24.3 Å². The van der Waals surface area contributed by atoms with Gasteiger partial charge in [-0.2, -0.15) is 0 Å². The Hall–Kier alpha value is -1.58. The zero-order chi connectivity index (χ0) is 13.1. The summed E-state index contributed by atoms with van der Waals surface area (Å²) in [4.78, 5) is 0. The first-order chi connectivity index (χ1) is 8.61. The quantitative estimate of drug-likeness (QED) is 0.824. The van der Waals surface area contributed by atoms with Crippen LogP contribution in [0.25, 0.3) is 0 Å². The lowest BCUT2D eigenvalue weighted by Crippen LogP contribution is -1.97. The van der Waals surface area contributed by atoms with E-state index in [4.69, 9.17) is 33.7 Å². The van der Waals surface area contributed by atoms with Gasteiger partial charge in [0.25, 0.3) is 0 Å². The lowest BCUT2D eigenvalue weighted by atomic mass is 10.2. The van der Waals surface area contributed by atoms with Crippen molar-refractivity contribution in [1.82, 2.24) is 0 Å². The fourth-order valence-electron chi connectivity index (χ4n) is 1.54. The van der Waals surface area contributed by atoms with Crippen molar-refractivity contribution in [1.29, 1.82) is 0 Å². The van der Waals surface area contributed by atoms with Gasteiger partial charge in [0.2, 0.25) is 0 Å². The number of ether oxygens (including phenoxy) is 1. The summed E-state index contributed by atoms with van der Waals surface area (Å²) in [5.41, 5.74) is 7.95. The Morgan fingerprint density at radius 3 is 2.61 bits per heavy atom. The van der Waals surface area contributed by atoms with E-state index in [0.717, 1.165) is 11.4 Å². The Morgan fingerprint density at radius 1 is 1.11 bits per heavy atom. The summed E-state index contributed by atoms with van der Waals surface area (Å²) in [6.07, 6.45) is 0. The minimum absolute atomic E-state index is 0.507. The molecule has 0 spiro atoms. The number of halogens is 2. The summed E-state index contributed by atoms with van der Waals surface area (Å²) in [7, 11) is 1.57. The summed E-state index contributed by atoms with van der Waals surface area (Å²) in [6, 6.07) is 10.8. The third-order valence-corrected chi connectivity index (χ3v) is 3.12. The molecule has 0 heterocycles. The second-order valence-corrected chi connectivity index (χ2v) is 4.49. The van der Waals surface area contributed by atoms with E-state index in [0.29, 0.717) is 21.5 Å². The van der Waals surface area contributed by atoms with E-state index in [9.17, 15) is 0 Å². The van der Waals surface area contributed by atoms with Crippen LogP contribution >= 0.6 is 23.2 Å². The van der Waals surface area contributed by atoms with Gasteiger partial charge in [0.05, 0.1) is 28.5 Å². The van der Waals surface area contributed by atoms with E-state index in [1.807, 2.05) is 18.2 Å². The van der Waals surface area contributed by atoms with E-state index < -0.39 is 0 Å². The first kappa shape index (κ1) is 12.9. The lowest BCUT2D eigenvalue weighted by molar-refractivity contribution is 0.415. The summed E-state index contributed by atoms with van der Waals surface area (Å²) >= 11 is 11.9. The summed E-state index contributed by atoms with van der Waals surface area (Å²) in [5.74, 6) is 0.599. The van der Waals surface area contributed by atoms with E-state index in [1.165, 1.54) is 0 Å². The number of nitrogens with two attached hydrogens (primary N) is 1. The van der Waals surface area contributed by atoms with E-state index >= 15 is 0 Å². The average molecular weight is 283 g/mol. The van der Waals surface area contributed by atoms with Gasteiger partial charge >= 0.3 is 0 Å². The van der Waals surface area contributed by atoms with Crippen LogP contribution in [0.5, 0.6) is 5.75 Å². The Kier molecular flexibility index (Phi) is 3.84. The molecule has 94 valence electrons. The van der Waals surface area contributed by atoms with Crippen LogP contribution in [-0.4, -0.2) is 7.11 Å². The second-order valence-electron chi connectivity index (χ2n) is 3.68. The van der Waals surface area contributed by atoms with Crippen LogP contribution in [0.2, 0.25) is 10.0 Å². The normalized spacial score (nSPS) is 10.2. The highest BCUT2D eigenvalue weighted by molar-refractivity contribution is 6.33. The van der Waals surface area contributed by atoms with Gasteiger partial charge < -0.3 is 15.8 Å². The molecule has 2 aromatic carbocycles. The standard InChI is InChI=1S/C13H12Cl2N2O/c1-18-12-7-8(5-6-9(12)14)17-11-4-2-3-10(15)13(11)16/h2-7,17H,16H2,1H3. The molecule has 0 atom stereocenters. The van der Waals surface area contributed by atoms with E-state index in [1.54, 1.807) is 25.3 Å². The minimum atomic E-state index is 0.507. The lowest BCUT2D eigenvalue weighted by Gasteiger charge is -2.12. The fourth-order valence-corrected chi connectivity index (χ4v) is 1.91. The van der Waals surface area contributed by atoms with Crippen molar-refractivity contribution < 1.29 is 4.74 Å². The molecule has 2 aromatic rings. The number of hydrogen-bond donors (Lipinski definition) is 2. The van der Waals surface area contributed by atoms with Crippen LogP contribution in [0.15, 0.2) is 36.4 Å². The van der Waals surface area contributed by atoms with Crippen molar-refractivity contribution in [2.24, 2.45) is 0 Å². The molecule has 0 amide bonds. The minimum Gasteiger partial charge on any atom is -0.495 e. The number of para-hydroxylation sites is 1. The fraction of sp³-hybridized carbons (Fsp3) is 0.0769. The number of methoxy groups -OCH3 is 1. The smallest absolute Gasteiger partial charge is 0.139 e. The Morgan fingerprint density at radius 2 is 1.89 bits per heavy atom. The van der Waals surface area contributed by atoms with Gasteiger partial charge in [-0.15, -0.1) is 0 Å². The Balaban J connectivity index is 2.31. The molecular formula is C13H12Cl2N2O. The number of benzene rings is 2. The maximum atomic E-state index is 5.96. The molecule has 0 unspecified atom stereocenters. The molecule has 18 heavy (non-hydrogen) atoms. The van der Waals surface area contributed by atoms with Crippen molar-refractivity contribution in [2.75, 3.05) is 18.2 Å². The van der Waals surface area contributed by atoms with Gasteiger partial charge in [0, 0.05) is 11.8 Å². The molecule has 0 aliphatic rings. The van der Waals surface area contributed by atoms with Gasteiger partial charge in [0.1, 0.15) is 5.75 Å². The molecule has 2 rings (SSSR count). The maximum Gasteiger partial charge on any atom is 0.139 e. The highest BCUT2D eigenvalue weighted by Crippen LogP contribution is 2.32. The Bertz CT molecular complexity index is 573. The summed E-state index contributed by atoms with van der Waals surface area (Å²) < 4.78 is 5.15. The molecule has 3 nitrogen and oxygen atoms in total. The molecular weight excluding hydrogens is 271 g/mol. The molecule has 0 radical (unpaired) electrons. The molecule has 5 heteroatoms. The molecule has 0 fully saturated rings. The van der Waals surface area contributed by atoms with Gasteiger partial charge in [0.15, 0.2) is 0 Å². The van der Waals surface area contributed by atoms with Crippen molar-refractivity contribution in [3.63, 3.8) is 0 Å². The number of anilines is 3. The zero-order valence-corrected chi connectivity index (χ0v) is 11.2. The van der Waals surface area contributed by atoms with Crippen LogP contribution in [0.3, 0.4) is 0 Å². The van der Waals surface area contributed by atoms with Crippen LogP contribution in [0.1, 0.15) is 0 Å². The van der Waals surface area contributed by atoms with E-state index in [-0.39, 0.29) is 0 Å². The van der Waals surface area contributed by atoms with Gasteiger partial charge in [-0.3, -0.25) is 0 Å². The first-order valence-electron chi connectivity index (χ1n) is 5.26. The Labute approximate surface area is 115 Å². The monoisotopic (exact) mass is 282 g/mol. The third-order valence-electron chi connectivity index (χ3n) is 2.48. The van der Waals surface area contributed by atoms with Crippen molar-refractivity contribution in [2.45, 2.75) is 0 Å². The highest BCUT2D eigenvalue weighted by Gasteiger charge is 2.05. The largest absolute Gasteiger partial charge is 0.495 e. The predicted molar refractivity (Wildman–Crippen MR) is 77.2 cm³/mol. The first-order valence-corrected chi connectivity index (χ1v) is 6.02. The SMILES string of the molecule is COc1cc(Nc2cccc(Cl)c2N)ccc1Cl. The van der Waals surface area contributed by atoms with Crippen LogP contribution in [0.4, 0.5) is 17.1 Å². The zero-order valence-electron chi connectivity index (χ0n) is 9.71. The molecule has 3 N–H and O–H groups in total. The molecule has 0 saturated heterocycles. The molecule has 0 aliphatic carbocycles. The third kappa shape index (κ3) is 2.63. The molecule has 0 bridgehead atoms. The summed E-state index contributed by atoms with van der Waals surface area (Å²) in [5, 5.41) is 4.24. The topological polar surface area (TPSA) is 47.3 Å². The van der Waals surface area contributed by atoms with Crippen LogP contribution in [-0.2, 0) is 0 Å². The van der Waals surface area contributed by atoms with Crippen molar-refractivity contribution in [3.8, 4) is 5.75 Å². The van der Waals surface area contributed by atoms with Crippen LogP contribution < -0.4 is 15.8 Å². The average Bonchev–Trinajstić information content (AvgIpc) is 2.37. The van der Waals surface area contributed by atoms with Gasteiger partial charge in [-0.1, -0.05) is 29.3 Å². The van der Waals surface area contributed by atoms with Crippen LogP contribution in [0, 0.1) is 0 Å². The molecule has 0 saturated carbocycles. The number of nitrogens with one attached hydrogen (secondary N) is 1. The number of rotatable bonds is 3. The number of hydrogen-bond acceptors (Lipinski definition) is 3. The summed E-state index contributed by atoms with van der Waals surface area (Å²) in [6.45, 7) is 0.